The highest BCUT2D eigenvalue weighted by atomic mass is 32.1. The predicted octanol–water partition coefficient (Wildman–Crippen LogP) is 3.94. The monoisotopic (exact) mass is 252 g/mol. The van der Waals surface area contributed by atoms with E-state index in [1.54, 1.807) is 0 Å². The molecule has 0 radical (unpaired) electrons. The number of aryl methyl sites for hydroxylation is 2. The van der Waals surface area contributed by atoms with Crippen LogP contribution in [0.25, 0.3) is 0 Å². The van der Waals surface area contributed by atoms with Gasteiger partial charge in [-0.3, -0.25) is 0 Å². The van der Waals surface area contributed by atoms with Crippen LogP contribution >= 0.6 is 12.6 Å². The predicted molar refractivity (Wildman–Crippen MR) is 77.5 cm³/mol. The average Bonchev–Trinajstić information content (AvgIpc) is 2.35. The van der Waals surface area contributed by atoms with Gasteiger partial charge in [-0.05, 0) is 31.1 Å². The Labute approximate surface area is 112 Å². The Balaban J connectivity index is 1.95. The topological polar surface area (TPSA) is 3.88 Å². The van der Waals surface area contributed by atoms with Crippen molar-refractivity contribution in [1.82, 2.24) is 0 Å². The van der Waals surface area contributed by atoms with Crippen LogP contribution in [0, 0.1) is 6.92 Å². The Kier molecular flexibility index (Phi) is 8.16. The van der Waals surface area contributed by atoms with Crippen molar-refractivity contribution in [2.75, 3.05) is 5.75 Å². The molecule has 0 atom stereocenters. The summed E-state index contributed by atoms with van der Waals surface area (Å²) >= 11 is 4.22. The molecule has 17 heavy (non-hydrogen) atoms. The zero-order chi connectivity index (χ0) is 12.3. The van der Waals surface area contributed by atoms with Crippen molar-refractivity contribution in [1.29, 1.82) is 0 Å². The summed E-state index contributed by atoms with van der Waals surface area (Å²) in [6.07, 6.45) is 13.8. The molecule has 0 aliphatic heterocycles. The summed E-state index contributed by atoms with van der Waals surface area (Å²) in [5, 5.41) is 0. The van der Waals surface area contributed by atoms with Crippen LogP contribution in [0.1, 0.15) is 50.5 Å². The van der Waals surface area contributed by atoms with Crippen LogP contribution in [-0.2, 0) is 6.54 Å². The first-order chi connectivity index (χ1) is 8.33. The molecule has 0 saturated heterocycles. The number of thiol groups is 1. The number of rotatable bonds is 9. The van der Waals surface area contributed by atoms with E-state index in [4.69, 9.17) is 0 Å². The SMILES string of the molecule is Cc1cc[n+](CCCCCCCCCS)cc1. The van der Waals surface area contributed by atoms with Crippen LogP contribution in [0.15, 0.2) is 24.5 Å². The molecule has 0 saturated carbocycles. The minimum absolute atomic E-state index is 1.05. The van der Waals surface area contributed by atoms with Gasteiger partial charge in [-0.1, -0.05) is 25.7 Å². The summed E-state index contributed by atoms with van der Waals surface area (Å²) in [5.41, 5.74) is 1.34. The quantitative estimate of drug-likeness (QED) is 0.385. The zero-order valence-electron chi connectivity index (χ0n) is 11.1. The summed E-state index contributed by atoms with van der Waals surface area (Å²) in [5.74, 6) is 1.05. The van der Waals surface area contributed by atoms with Gasteiger partial charge in [0, 0.05) is 18.6 Å². The molecule has 0 fully saturated rings. The summed E-state index contributed by atoms with van der Waals surface area (Å²) in [6.45, 7) is 3.30. The number of aromatic nitrogens is 1. The molecular formula is C15H26NS+. The Morgan fingerprint density at radius 1 is 0.882 bits per heavy atom. The highest BCUT2D eigenvalue weighted by Gasteiger charge is 1.98. The molecule has 0 N–H and O–H groups in total. The van der Waals surface area contributed by atoms with Gasteiger partial charge in [-0.15, -0.1) is 0 Å². The maximum atomic E-state index is 4.22. The van der Waals surface area contributed by atoms with Crippen molar-refractivity contribution >= 4 is 12.6 Å². The molecule has 96 valence electrons. The lowest BCUT2D eigenvalue weighted by atomic mass is 10.1. The molecule has 1 aromatic rings. The lowest BCUT2D eigenvalue weighted by molar-refractivity contribution is -0.697. The second-order valence-electron chi connectivity index (χ2n) is 4.81. The molecule has 0 aliphatic rings. The highest BCUT2D eigenvalue weighted by Crippen LogP contribution is 2.07. The van der Waals surface area contributed by atoms with E-state index >= 15 is 0 Å². The fourth-order valence-corrected chi connectivity index (χ4v) is 2.19. The molecule has 0 aromatic carbocycles. The van der Waals surface area contributed by atoms with E-state index in [1.165, 1.54) is 50.5 Å². The van der Waals surface area contributed by atoms with E-state index in [1.807, 2.05) is 0 Å². The Morgan fingerprint density at radius 2 is 1.41 bits per heavy atom. The molecule has 1 heterocycles. The van der Waals surface area contributed by atoms with Crippen molar-refractivity contribution in [2.45, 2.75) is 58.4 Å². The van der Waals surface area contributed by atoms with Gasteiger partial charge in [0.05, 0.1) is 0 Å². The Hall–Kier alpha value is -0.500. The van der Waals surface area contributed by atoms with Crippen LogP contribution in [-0.4, -0.2) is 5.75 Å². The van der Waals surface area contributed by atoms with E-state index in [2.05, 4.69) is 48.6 Å². The molecular weight excluding hydrogens is 226 g/mol. The first-order valence-corrected chi connectivity index (χ1v) is 7.53. The fraction of sp³-hybridized carbons (Fsp3) is 0.667. The third-order valence-electron chi connectivity index (χ3n) is 3.13. The Bertz CT molecular complexity index is 281. The van der Waals surface area contributed by atoms with Crippen molar-refractivity contribution in [3.05, 3.63) is 30.1 Å². The number of nitrogens with zero attached hydrogens (tertiary/aromatic N) is 1. The van der Waals surface area contributed by atoms with Crippen LogP contribution in [0.5, 0.6) is 0 Å². The van der Waals surface area contributed by atoms with E-state index < -0.39 is 0 Å². The summed E-state index contributed by atoms with van der Waals surface area (Å²) < 4.78 is 2.29. The molecule has 0 amide bonds. The van der Waals surface area contributed by atoms with E-state index in [-0.39, 0.29) is 0 Å². The lowest BCUT2D eigenvalue weighted by Crippen LogP contribution is -2.32. The standard InChI is InChI=1S/C15H25NS/c1-15-9-12-16(13-10-15)11-7-5-3-2-4-6-8-14-17/h9-10,12-13H,2-8,11,14H2,1H3/p+1. The van der Waals surface area contributed by atoms with E-state index in [0.717, 1.165) is 12.3 Å². The van der Waals surface area contributed by atoms with Gasteiger partial charge >= 0.3 is 0 Å². The second kappa shape index (κ2) is 9.52. The third kappa shape index (κ3) is 7.43. The van der Waals surface area contributed by atoms with Crippen molar-refractivity contribution < 1.29 is 4.57 Å². The largest absolute Gasteiger partial charge is 0.205 e. The van der Waals surface area contributed by atoms with Crippen LogP contribution < -0.4 is 4.57 Å². The minimum atomic E-state index is 1.05. The molecule has 0 unspecified atom stereocenters. The normalized spacial score (nSPS) is 10.7. The van der Waals surface area contributed by atoms with Crippen LogP contribution in [0.4, 0.5) is 0 Å². The van der Waals surface area contributed by atoms with E-state index in [9.17, 15) is 0 Å². The fourth-order valence-electron chi connectivity index (χ4n) is 1.97. The van der Waals surface area contributed by atoms with Gasteiger partial charge in [0.1, 0.15) is 6.54 Å². The van der Waals surface area contributed by atoms with Gasteiger partial charge in [0.2, 0.25) is 0 Å². The second-order valence-corrected chi connectivity index (χ2v) is 5.26. The van der Waals surface area contributed by atoms with E-state index in [0.29, 0.717) is 0 Å². The summed E-state index contributed by atoms with van der Waals surface area (Å²) in [4.78, 5) is 0. The maximum Gasteiger partial charge on any atom is 0.169 e. The molecule has 2 heteroatoms. The highest BCUT2D eigenvalue weighted by molar-refractivity contribution is 7.80. The third-order valence-corrected chi connectivity index (χ3v) is 3.45. The molecule has 1 nitrogen and oxygen atoms in total. The van der Waals surface area contributed by atoms with Gasteiger partial charge in [-0.2, -0.15) is 12.6 Å². The number of hydrogen-bond donors (Lipinski definition) is 1. The minimum Gasteiger partial charge on any atom is -0.205 e. The molecule has 0 bridgehead atoms. The summed E-state index contributed by atoms with van der Waals surface area (Å²) in [6, 6.07) is 4.36. The van der Waals surface area contributed by atoms with Gasteiger partial charge in [-0.25, -0.2) is 4.57 Å². The van der Waals surface area contributed by atoms with Crippen molar-refractivity contribution in [3.63, 3.8) is 0 Å². The smallest absolute Gasteiger partial charge is 0.169 e. The molecule has 1 aromatic heterocycles. The van der Waals surface area contributed by atoms with Gasteiger partial charge in [0.15, 0.2) is 12.4 Å². The van der Waals surface area contributed by atoms with Crippen molar-refractivity contribution in [3.8, 4) is 0 Å². The maximum absolute atomic E-state index is 4.22. The van der Waals surface area contributed by atoms with Crippen LogP contribution in [0.3, 0.4) is 0 Å². The van der Waals surface area contributed by atoms with Gasteiger partial charge < -0.3 is 0 Å². The average molecular weight is 252 g/mol. The molecule has 0 spiro atoms. The number of hydrogen-bond acceptors (Lipinski definition) is 1. The number of unbranched alkanes of at least 4 members (excludes halogenated alkanes) is 6. The first kappa shape index (κ1) is 14.6. The first-order valence-electron chi connectivity index (χ1n) is 6.89. The van der Waals surface area contributed by atoms with Crippen molar-refractivity contribution in [2.24, 2.45) is 0 Å². The lowest BCUT2D eigenvalue weighted by Gasteiger charge is -2.00. The molecule has 1 rings (SSSR count). The number of pyridine rings is 1. The van der Waals surface area contributed by atoms with Gasteiger partial charge in [0.25, 0.3) is 0 Å². The molecule has 0 aliphatic carbocycles. The van der Waals surface area contributed by atoms with Crippen LogP contribution in [0.2, 0.25) is 0 Å². The Morgan fingerprint density at radius 3 is 2.00 bits per heavy atom. The zero-order valence-corrected chi connectivity index (χ0v) is 12.0. The summed E-state index contributed by atoms with van der Waals surface area (Å²) in [7, 11) is 0.